The Morgan fingerprint density at radius 2 is 1.64 bits per heavy atom. The fraction of sp³-hybridized carbons (Fsp3) is 1.00. The van der Waals surface area contributed by atoms with Crippen LogP contribution in [0.2, 0.25) is 0 Å². The lowest BCUT2D eigenvalue weighted by atomic mass is 9.77. The van der Waals surface area contributed by atoms with Crippen molar-refractivity contribution in [2.75, 3.05) is 14.2 Å². The molecule has 0 aliphatic heterocycles. The van der Waals surface area contributed by atoms with Gasteiger partial charge in [-0.05, 0) is 19.8 Å². The third-order valence-electron chi connectivity index (χ3n) is 2.96. The normalized spacial score (nSPS) is 15.6. The molecule has 14 heavy (non-hydrogen) atoms. The van der Waals surface area contributed by atoms with Crippen LogP contribution in [0.5, 0.6) is 0 Å². The molecule has 0 heterocycles. The molecule has 0 bridgehead atoms. The third kappa shape index (κ3) is 2.69. The second-order valence-electron chi connectivity index (χ2n) is 4.45. The van der Waals surface area contributed by atoms with Gasteiger partial charge in [-0.25, -0.2) is 0 Å². The molecular formula is C11H24O3. The molecule has 0 spiro atoms. The van der Waals surface area contributed by atoms with Gasteiger partial charge >= 0.3 is 0 Å². The lowest BCUT2D eigenvalue weighted by molar-refractivity contribution is -0.274. The Bertz CT molecular complexity index is 152. The number of rotatable bonds is 6. The van der Waals surface area contributed by atoms with E-state index in [1.807, 2.05) is 6.92 Å². The molecule has 3 nitrogen and oxygen atoms in total. The highest BCUT2D eigenvalue weighted by atomic mass is 16.7. The van der Waals surface area contributed by atoms with E-state index >= 15 is 0 Å². The van der Waals surface area contributed by atoms with Crippen molar-refractivity contribution < 1.29 is 14.6 Å². The van der Waals surface area contributed by atoms with Gasteiger partial charge in [-0.15, -0.1) is 0 Å². The number of aliphatic hydroxyl groups excluding tert-OH is 1. The zero-order valence-electron chi connectivity index (χ0n) is 10.3. The zero-order valence-corrected chi connectivity index (χ0v) is 10.3. The third-order valence-corrected chi connectivity index (χ3v) is 2.96. The minimum atomic E-state index is -0.607. The van der Waals surface area contributed by atoms with Crippen molar-refractivity contribution in [3.05, 3.63) is 0 Å². The van der Waals surface area contributed by atoms with Gasteiger partial charge in [-0.1, -0.05) is 20.8 Å². The first-order chi connectivity index (χ1) is 6.35. The highest BCUT2D eigenvalue weighted by Gasteiger charge is 2.44. The molecular weight excluding hydrogens is 180 g/mol. The summed E-state index contributed by atoms with van der Waals surface area (Å²) in [4.78, 5) is 0. The molecule has 1 atom stereocenters. The number of hydrogen-bond donors (Lipinski definition) is 1. The Balaban J connectivity index is 4.78. The molecule has 0 aromatic heterocycles. The molecule has 0 fully saturated rings. The van der Waals surface area contributed by atoms with E-state index in [2.05, 4.69) is 13.8 Å². The van der Waals surface area contributed by atoms with Crippen molar-refractivity contribution in [3.8, 4) is 0 Å². The Morgan fingerprint density at radius 3 is 1.86 bits per heavy atom. The van der Waals surface area contributed by atoms with Crippen molar-refractivity contribution in [2.24, 2.45) is 5.41 Å². The number of aliphatic hydroxyl groups is 1. The molecule has 0 amide bonds. The molecule has 0 aromatic rings. The zero-order chi connectivity index (χ0) is 11.4. The van der Waals surface area contributed by atoms with Crippen molar-refractivity contribution >= 4 is 0 Å². The molecule has 3 heteroatoms. The van der Waals surface area contributed by atoms with Crippen LogP contribution in [0.15, 0.2) is 0 Å². The lowest BCUT2D eigenvalue weighted by Crippen LogP contribution is -2.48. The van der Waals surface area contributed by atoms with E-state index in [0.717, 1.165) is 6.42 Å². The van der Waals surface area contributed by atoms with Gasteiger partial charge in [0.2, 0.25) is 0 Å². The van der Waals surface area contributed by atoms with Crippen molar-refractivity contribution in [1.82, 2.24) is 0 Å². The molecule has 1 unspecified atom stereocenters. The van der Waals surface area contributed by atoms with E-state index in [0.29, 0.717) is 6.42 Å². The van der Waals surface area contributed by atoms with Crippen LogP contribution in [-0.4, -0.2) is 31.2 Å². The van der Waals surface area contributed by atoms with Crippen LogP contribution in [0, 0.1) is 5.41 Å². The van der Waals surface area contributed by atoms with Crippen LogP contribution < -0.4 is 0 Å². The number of ether oxygens (including phenoxy) is 2. The summed E-state index contributed by atoms with van der Waals surface area (Å²) in [5.41, 5.74) is -0.209. The smallest absolute Gasteiger partial charge is 0.172 e. The van der Waals surface area contributed by atoms with E-state index in [1.165, 1.54) is 0 Å². The highest BCUT2D eigenvalue weighted by Crippen LogP contribution is 2.40. The highest BCUT2D eigenvalue weighted by molar-refractivity contribution is 4.87. The van der Waals surface area contributed by atoms with Crippen LogP contribution in [0.25, 0.3) is 0 Å². The first-order valence-corrected chi connectivity index (χ1v) is 5.13. The fourth-order valence-corrected chi connectivity index (χ4v) is 2.30. The maximum absolute atomic E-state index is 9.43. The summed E-state index contributed by atoms with van der Waals surface area (Å²) >= 11 is 0. The van der Waals surface area contributed by atoms with Crippen LogP contribution in [0.1, 0.15) is 40.5 Å². The van der Waals surface area contributed by atoms with Gasteiger partial charge in [-0.2, -0.15) is 0 Å². The summed E-state index contributed by atoms with van der Waals surface area (Å²) in [6, 6.07) is 0. The molecule has 0 saturated heterocycles. The van der Waals surface area contributed by atoms with Crippen molar-refractivity contribution in [1.29, 1.82) is 0 Å². The molecule has 0 aromatic carbocycles. The predicted octanol–water partition coefficient (Wildman–Crippen LogP) is 2.18. The molecule has 0 saturated carbocycles. The van der Waals surface area contributed by atoms with E-state index in [1.54, 1.807) is 21.1 Å². The Morgan fingerprint density at radius 1 is 1.21 bits per heavy atom. The first kappa shape index (κ1) is 13.9. The van der Waals surface area contributed by atoms with Gasteiger partial charge in [-0.3, -0.25) is 0 Å². The van der Waals surface area contributed by atoms with E-state index < -0.39 is 5.79 Å². The molecule has 0 rings (SSSR count). The van der Waals surface area contributed by atoms with E-state index in [-0.39, 0.29) is 11.5 Å². The second kappa shape index (κ2) is 5.10. The molecule has 1 N–H and O–H groups in total. The van der Waals surface area contributed by atoms with Gasteiger partial charge in [0.25, 0.3) is 0 Å². The van der Waals surface area contributed by atoms with Gasteiger partial charge in [0, 0.05) is 19.6 Å². The summed E-state index contributed by atoms with van der Waals surface area (Å²) in [7, 11) is 3.30. The van der Waals surface area contributed by atoms with Crippen LogP contribution in [0.3, 0.4) is 0 Å². The molecule has 0 radical (unpaired) electrons. The minimum absolute atomic E-state index is 0.209. The largest absolute Gasteiger partial charge is 0.393 e. The van der Waals surface area contributed by atoms with Gasteiger partial charge in [0.05, 0.1) is 6.10 Å². The Kier molecular flexibility index (Phi) is 5.06. The van der Waals surface area contributed by atoms with Gasteiger partial charge in [0.15, 0.2) is 5.79 Å². The summed E-state index contributed by atoms with van der Waals surface area (Å²) < 4.78 is 10.9. The summed E-state index contributed by atoms with van der Waals surface area (Å²) in [6.45, 7) is 7.91. The fourth-order valence-electron chi connectivity index (χ4n) is 2.30. The predicted molar refractivity (Wildman–Crippen MR) is 57.1 cm³/mol. The SMILES string of the molecule is CCC(OC)(OC)C(C)(C)CC(C)O. The molecule has 0 aliphatic carbocycles. The average molecular weight is 204 g/mol. The van der Waals surface area contributed by atoms with Crippen LogP contribution in [-0.2, 0) is 9.47 Å². The maximum Gasteiger partial charge on any atom is 0.172 e. The summed E-state index contributed by atoms with van der Waals surface area (Å²) in [5, 5.41) is 9.43. The number of methoxy groups -OCH3 is 2. The summed E-state index contributed by atoms with van der Waals surface area (Å²) in [6.07, 6.45) is 1.07. The first-order valence-electron chi connectivity index (χ1n) is 5.13. The van der Waals surface area contributed by atoms with E-state index in [9.17, 15) is 5.11 Å². The monoisotopic (exact) mass is 204 g/mol. The Hall–Kier alpha value is -0.120. The van der Waals surface area contributed by atoms with Crippen molar-refractivity contribution in [3.63, 3.8) is 0 Å². The quantitative estimate of drug-likeness (QED) is 0.674. The average Bonchev–Trinajstić information content (AvgIpc) is 2.05. The minimum Gasteiger partial charge on any atom is -0.393 e. The Labute approximate surface area is 87.4 Å². The summed E-state index contributed by atoms with van der Waals surface area (Å²) in [5.74, 6) is -0.607. The van der Waals surface area contributed by atoms with E-state index in [4.69, 9.17) is 9.47 Å². The van der Waals surface area contributed by atoms with Gasteiger partial charge in [0.1, 0.15) is 0 Å². The maximum atomic E-state index is 9.43. The second-order valence-corrected chi connectivity index (χ2v) is 4.45. The number of hydrogen-bond acceptors (Lipinski definition) is 3. The van der Waals surface area contributed by atoms with Crippen LogP contribution in [0.4, 0.5) is 0 Å². The topological polar surface area (TPSA) is 38.7 Å². The molecule has 86 valence electrons. The lowest BCUT2D eigenvalue weighted by Gasteiger charge is -2.44. The molecule has 0 aliphatic rings. The van der Waals surface area contributed by atoms with Gasteiger partial charge < -0.3 is 14.6 Å². The van der Waals surface area contributed by atoms with Crippen molar-refractivity contribution in [2.45, 2.75) is 52.4 Å². The van der Waals surface area contributed by atoms with Crippen LogP contribution >= 0.6 is 0 Å². The standard InChI is InChI=1S/C11H24O3/c1-7-11(13-5,14-6)10(3,4)8-9(2)12/h9,12H,7-8H2,1-6H3.